The summed E-state index contributed by atoms with van der Waals surface area (Å²) < 4.78 is 13.9. The van der Waals surface area contributed by atoms with Gasteiger partial charge < -0.3 is 5.73 Å². The standard InChI is InChI=1S/C13H14FN3S2/c1-17(6-11-7-19-8-16-11)5-10-3-2-9(13(15)18)4-12(10)14/h2-4,7-8H,5-6H2,1H3,(H2,15,18). The molecule has 3 nitrogen and oxygen atoms in total. The van der Waals surface area contributed by atoms with Gasteiger partial charge in [0.25, 0.3) is 0 Å². The number of nitrogens with two attached hydrogens (primary N) is 1. The first-order valence-corrected chi connectivity index (χ1v) is 7.05. The van der Waals surface area contributed by atoms with Gasteiger partial charge in [-0.25, -0.2) is 9.37 Å². The number of hydrogen-bond donors (Lipinski definition) is 1. The Bertz CT molecular complexity index is 569. The lowest BCUT2D eigenvalue weighted by atomic mass is 10.1. The highest BCUT2D eigenvalue weighted by atomic mass is 32.1. The number of halogens is 1. The van der Waals surface area contributed by atoms with Gasteiger partial charge in [-0.1, -0.05) is 24.4 Å². The average molecular weight is 295 g/mol. The second-order valence-electron chi connectivity index (χ2n) is 4.32. The predicted octanol–water partition coefficient (Wildman–Crippen LogP) is 2.55. The van der Waals surface area contributed by atoms with Gasteiger partial charge in [-0.05, 0) is 13.1 Å². The van der Waals surface area contributed by atoms with Gasteiger partial charge in [-0.3, -0.25) is 4.90 Å². The molecular formula is C13H14FN3S2. The highest BCUT2D eigenvalue weighted by Gasteiger charge is 2.09. The summed E-state index contributed by atoms with van der Waals surface area (Å²) in [4.78, 5) is 6.42. The molecule has 6 heteroatoms. The van der Waals surface area contributed by atoms with Crippen LogP contribution in [0.5, 0.6) is 0 Å². The summed E-state index contributed by atoms with van der Waals surface area (Å²) in [5.41, 5.74) is 9.43. The molecule has 100 valence electrons. The van der Waals surface area contributed by atoms with Crippen LogP contribution in [-0.2, 0) is 13.1 Å². The van der Waals surface area contributed by atoms with Crippen LogP contribution in [0.1, 0.15) is 16.8 Å². The van der Waals surface area contributed by atoms with Crippen LogP contribution in [0.25, 0.3) is 0 Å². The minimum absolute atomic E-state index is 0.210. The van der Waals surface area contributed by atoms with E-state index in [1.54, 1.807) is 29.0 Å². The number of thiazole rings is 1. The van der Waals surface area contributed by atoms with Gasteiger partial charge in [-0.2, -0.15) is 0 Å². The van der Waals surface area contributed by atoms with E-state index in [9.17, 15) is 4.39 Å². The van der Waals surface area contributed by atoms with E-state index in [1.165, 1.54) is 6.07 Å². The van der Waals surface area contributed by atoms with Gasteiger partial charge in [0.2, 0.25) is 0 Å². The molecule has 0 amide bonds. The van der Waals surface area contributed by atoms with Crippen LogP contribution >= 0.6 is 23.6 Å². The van der Waals surface area contributed by atoms with Crippen molar-refractivity contribution in [1.82, 2.24) is 9.88 Å². The zero-order chi connectivity index (χ0) is 13.8. The van der Waals surface area contributed by atoms with E-state index in [0.29, 0.717) is 24.2 Å². The number of nitrogens with zero attached hydrogens (tertiary/aromatic N) is 2. The summed E-state index contributed by atoms with van der Waals surface area (Å²) in [7, 11) is 1.93. The molecule has 0 aliphatic rings. The highest BCUT2D eigenvalue weighted by Crippen LogP contribution is 2.14. The van der Waals surface area contributed by atoms with Crippen molar-refractivity contribution in [1.29, 1.82) is 0 Å². The van der Waals surface area contributed by atoms with Gasteiger partial charge in [0.1, 0.15) is 10.8 Å². The fourth-order valence-corrected chi connectivity index (χ4v) is 2.44. The maximum absolute atomic E-state index is 13.9. The molecule has 0 unspecified atom stereocenters. The number of hydrogen-bond acceptors (Lipinski definition) is 4. The number of benzene rings is 1. The zero-order valence-electron chi connectivity index (χ0n) is 10.5. The van der Waals surface area contributed by atoms with E-state index in [2.05, 4.69) is 4.98 Å². The van der Waals surface area contributed by atoms with Gasteiger partial charge in [0.05, 0.1) is 11.2 Å². The molecule has 0 atom stereocenters. The van der Waals surface area contributed by atoms with Gasteiger partial charge in [0.15, 0.2) is 0 Å². The Kier molecular flexibility index (Phi) is 4.57. The Morgan fingerprint density at radius 2 is 2.26 bits per heavy atom. The largest absolute Gasteiger partial charge is 0.389 e. The van der Waals surface area contributed by atoms with Crippen LogP contribution < -0.4 is 5.73 Å². The minimum Gasteiger partial charge on any atom is -0.389 e. The van der Waals surface area contributed by atoms with Gasteiger partial charge in [-0.15, -0.1) is 11.3 Å². The van der Waals surface area contributed by atoms with Crippen LogP contribution in [0.15, 0.2) is 29.1 Å². The van der Waals surface area contributed by atoms with E-state index in [1.807, 2.05) is 17.3 Å². The topological polar surface area (TPSA) is 42.2 Å². The van der Waals surface area contributed by atoms with Crippen molar-refractivity contribution in [3.63, 3.8) is 0 Å². The molecule has 0 saturated heterocycles. The van der Waals surface area contributed by atoms with Gasteiger partial charge in [0, 0.05) is 29.6 Å². The molecule has 0 fully saturated rings. The Labute approximate surface area is 120 Å². The van der Waals surface area contributed by atoms with Crippen molar-refractivity contribution >= 4 is 28.5 Å². The van der Waals surface area contributed by atoms with E-state index >= 15 is 0 Å². The van der Waals surface area contributed by atoms with Crippen LogP contribution in [0.2, 0.25) is 0 Å². The van der Waals surface area contributed by atoms with Crippen molar-refractivity contribution in [2.45, 2.75) is 13.1 Å². The molecule has 0 bridgehead atoms. The molecule has 2 rings (SSSR count). The molecule has 0 radical (unpaired) electrons. The molecular weight excluding hydrogens is 281 g/mol. The molecule has 0 saturated carbocycles. The molecule has 19 heavy (non-hydrogen) atoms. The van der Waals surface area contributed by atoms with Crippen LogP contribution in [0, 0.1) is 5.82 Å². The lowest BCUT2D eigenvalue weighted by Gasteiger charge is -2.16. The Morgan fingerprint density at radius 3 is 2.84 bits per heavy atom. The Hall–Kier alpha value is -1.37. The monoisotopic (exact) mass is 295 g/mol. The SMILES string of the molecule is CN(Cc1cscn1)Cc1ccc(C(N)=S)cc1F. The van der Waals surface area contributed by atoms with Crippen LogP contribution in [0.3, 0.4) is 0 Å². The summed E-state index contributed by atoms with van der Waals surface area (Å²) in [6, 6.07) is 4.85. The maximum Gasteiger partial charge on any atom is 0.128 e. The Morgan fingerprint density at radius 1 is 1.47 bits per heavy atom. The maximum atomic E-state index is 13.9. The summed E-state index contributed by atoms with van der Waals surface area (Å²) >= 11 is 6.38. The third kappa shape index (κ3) is 3.79. The third-order valence-corrected chi connectivity index (χ3v) is 3.56. The summed E-state index contributed by atoms with van der Waals surface area (Å²) in [6.07, 6.45) is 0. The lowest BCUT2D eigenvalue weighted by molar-refractivity contribution is 0.310. The fourth-order valence-electron chi connectivity index (χ4n) is 1.77. The Balaban J connectivity index is 2.04. The fraction of sp³-hybridized carbons (Fsp3) is 0.231. The first-order valence-electron chi connectivity index (χ1n) is 5.70. The van der Waals surface area contributed by atoms with Crippen LogP contribution in [0.4, 0.5) is 4.39 Å². The molecule has 2 aromatic rings. The quantitative estimate of drug-likeness (QED) is 0.861. The molecule has 0 aliphatic carbocycles. The molecule has 0 aliphatic heterocycles. The molecule has 1 aromatic heterocycles. The first-order chi connectivity index (χ1) is 9.06. The highest BCUT2D eigenvalue weighted by molar-refractivity contribution is 7.80. The molecule has 0 spiro atoms. The van der Waals surface area contributed by atoms with Crippen LogP contribution in [-0.4, -0.2) is 21.9 Å². The van der Waals surface area contributed by atoms with E-state index in [4.69, 9.17) is 18.0 Å². The van der Waals surface area contributed by atoms with Crippen molar-refractivity contribution in [3.05, 3.63) is 51.7 Å². The second kappa shape index (κ2) is 6.18. The first kappa shape index (κ1) is 14.0. The van der Waals surface area contributed by atoms with E-state index in [-0.39, 0.29) is 10.8 Å². The summed E-state index contributed by atoms with van der Waals surface area (Å²) in [6.45, 7) is 1.21. The van der Waals surface area contributed by atoms with Gasteiger partial charge >= 0.3 is 0 Å². The van der Waals surface area contributed by atoms with E-state index < -0.39 is 0 Å². The van der Waals surface area contributed by atoms with Crippen molar-refractivity contribution in [3.8, 4) is 0 Å². The predicted molar refractivity (Wildman–Crippen MR) is 79.6 cm³/mol. The number of rotatable bonds is 5. The summed E-state index contributed by atoms with van der Waals surface area (Å²) in [5, 5.41) is 1.99. The lowest BCUT2D eigenvalue weighted by Crippen LogP contribution is -2.18. The van der Waals surface area contributed by atoms with E-state index in [0.717, 1.165) is 5.69 Å². The second-order valence-corrected chi connectivity index (χ2v) is 5.48. The zero-order valence-corrected chi connectivity index (χ0v) is 12.1. The smallest absolute Gasteiger partial charge is 0.128 e. The molecule has 1 heterocycles. The molecule has 1 aromatic carbocycles. The average Bonchev–Trinajstić information content (AvgIpc) is 2.84. The number of aromatic nitrogens is 1. The summed E-state index contributed by atoms with van der Waals surface area (Å²) in [5.74, 6) is -0.282. The molecule has 2 N–H and O–H groups in total. The third-order valence-electron chi connectivity index (χ3n) is 2.69. The number of thiocarbonyl (C=S) groups is 1. The normalized spacial score (nSPS) is 10.9. The van der Waals surface area contributed by atoms with Crippen molar-refractivity contribution in [2.24, 2.45) is 5.73 Å². The minimum atomic E-state index is -0.282. The van der Waals surface area contributed by atoms with Crippen molar-refractivity contribution < 1.29 is 4.39 Å². The van der Waals surface area contributed by atoms with Crippen molar-refractivity contribution in [2.75, 3.05) is 7.05 Å².